The smallest absolute Gasteiger partial charge is 0.225 e. The van der Waals surface area contributed by atoms with Crippen LogP contribution in [-0.2, 0) is 4.79 Å². The normalized spacial score (nSPS) is 31.3. The average molecular weight is 209 g/mol. The summed E-state index contributed by atoms with van der Waals surface area (Å²) in [7, 11) is 1.99. The molecule has 86 valence electrons. The number of hydrogen-bond donors (Lipinski definition) is 0. The lowest BCUT2D eigenvalue weighted by molar-refractivity contribution is -0.132. The molecular formula is C13H23NO. The van der Waals surface area contributed by atoms with Gasteiger partial charge in [-0.3, -0.25) is 4.79 Å². The molecule has 0 radical (unpaired) electrons. The Kier molecular flexibility index (Phi) is 3.32. The predicted octanol–water partition coefficient (Wildman–Crippen LogP) is 2.68. The molecule has 2 atom stereocenters. The molecule has 0 N–H and O–H groups in total. The first-order valence-electron chi connectivity index (χ1n) is 6.43. The van der Waals surface area contributed by atoms with Crippen LogP contribution in [0.4, 0.5) is 0 Å². The fraction of sp³-hybridized carbons (Fsp3) is 0.923. The van der Waals surface area contributed by atoms with Crippen LogP contribution in [0, 0.1) is 17.8 Å². The van der Waals surface area contributed by atoms with Crippen LogP contribution in [0.3, 0.4) is 0 Å². The van der Waals surface area contributed by atoms with Gasteiger partial charge in [-0.15, -0.1) is 0 Å². The third kappa shape index (κ3) is 2.73. The molecule has 0 aliphatic heterocycles. The largest absolute Gasteiger partial charge is 0.345 e. The molecule has 0 aromatic carbocycles. The van der Waals surface area contributed by atoms with Gasteiger partial charge in [0, 0.05) is 19.5 Å². The van der Waals surface area contributed by atoms with Crippen molar-refractivity contribution in [1.29, 1.82) is 0 Å². The highest BCUT2D eigenvalue weighted by Crippen LogP contribution is 2.39. The molecule has 15 heavy (non-hydrogen) atoms. The van der Waals surface area contributed by atoms with Crippen LogP contribution in [-0.4, -0.2) is 24.4 Å². The molecule has 1 amide bonds. The van der Waals surface area contributed by atoms with E-state index in [1.807, 2.05) is 11.9 Å². The van der Waals surface area contributed by atoms with Crippen LogP contribution >= 0.6 is 0 Å². The van der Waals surface area contributed by atoms with E-state index in [-0.39, 0.29) is 0 Å². The lowest BCUT2D eigenvalue weighted by Crippen LogP contribution is -2.33. The van der Waals surface area contributed by atoms with Gasteiger partial charge in [0.05, 0.1) is 0 Å². The van der Waals surface area contributed by atoms with Gasteiger partial charge in [-0.05, 0) is 31.1 Å². The first-order valence-corrected chi connectivity index (χ1v) is 6.43. The van der Waals surface area contributed by atoms with Gasteiger partial charge >= 0.3 is 0 Å². The zero-order valence-electron chi connectivity index (χ0n) is 10.0. The van der Waals surface area contributed by atoms with Crippen LogP contribution in [0.25, 0.3) is 0 Å². The molecule has 2 saturated carbocycles. The maximum absolute atomic E-state index is 11.9. The molecule has 2 fully saturated rings. The van der Waals surface area contributed by atoms with Crippen LogP contribution in [0.5, 0.6) is 0 Å². The number of hydrogen-bond acceptors (Lipinski definition) is 1. The van der Waals surface area contributed by atoms with Crippen molar-refractivity contribution in [1.82, 2.24) is 4.90 Å². The Morgan fingerprint density at radius 2 is 1.87 bits per heavy atom. The fourth-order valence-electron chi connectivity index (χ4n) is 2.80. The number of rotatable bonds is 3. The van der Waals surface area contributed by atoms with Crippen molar-refractivity contribution in [2.45, 2.75) is 45.4 Å². The second-order valence-corrected chi connectivity index (χ2v) is 5.54. The summed E-state index contributed by atoms with van der Waals surface area (Å²) >= 11 is 0. The van der Waals surface area contributed by atoms with Gasteiger partial charge in [-0.25, -0.2) is 0 Å². The number of carbonyl (C=O) groups is 1. The molecule has 0 unspecified atom stereocenters. The van der Waals surface area contributed by atoms with Crippen molar-refractivity contribution in [3.8, 4) is 0 Å². The molecule has 2 rings (SSSR count). The quantitative estimate of drug-likeness (QED) is 0.700. The van der Waals surface area contributed by atoms with E-state index >= 15 is 0 Å². The zero-order valence-corrected chi connectivity index (χ0v) is 10.0. The van der Waals surface area contributed by atoms with Gasteiger partial charge in [0.2, 0.25) is 5.91 Å². The van der Waals surface area contributed by atoms with E-state index in [2.05, 4.69) is 6.92 Å². The van der Waals surface area contributed by atoms with Crippen molar-refractivity contribution in [3.05, 3.63) is 0 Å². The van der Waals surface area contributed by atoms with Crippen molar-refractivity contribution in [2.75, 3.05) is 13.6 Å². The summed E-state index contributed by atoms with van der Waals surface area (Å²) in [6, 6.07) is 0. The summed E-state index contributed by atoms with van der Waals surface area (Å²) in [5, 5.41) is 0. The van der Waals surface area contributed by atoms with Gasteiger partial charge in [-0.2, -0.15) is 0 Å². The lowest BCUT2D eigenvalue weighted by atomic mass is 9.89. The predicted molar refractivity (Wildman–Crippen MR) is 61.5 cm³/mol. The Bertz CT molecular complexity index is 233. The zero-order chi connectivity index (χ0) is 10.8. The summed E-state index contributed by atoms with van der Waals surface area (Å²) < 4.78 is 0. The second-order valence-electron chi connectivity index (χ2n) is 5.54. The minimum Gasteiger partial charge on any atom is -0.345 e. The van der Waals surface area contributed by atoms with E-state index in [0.717, 1.165) is 18.9 Å². The third-order valence-corrected chi connectivity index (χ3v) is 4.06. The first kappa shape index (κ1) is 11.0. The van der Waals surface area contributed by atoms with E-state index in [1.54, 1.807) is 0 Å². The van der Waals surface area contributed by atoms with Crippen molar-refractivity contribution >= 4 is 5.91 Å². The maximum Gasteiger partial charge on any atom is 0.225 e. The first-order chi connectivity index (χ1) is 7.18. The van der Waals surface area contributed by atoms with Crippen LogP contribution in [0.15, 0.2) is 0 Å². The summed E-state index contributed by atoms with van der Waals surface area (Å²) in [6.45, 7) is 3.18. The van der Waals surface area contributed by atoms with E-state index in [1.165, 1.54) is 32.1 Å². The van der Waals surface area contributed by atoms with Crippen LogP contribution < -0.4 is 0 Å². The Morgan fingerprint density at radius 1 is 1.27 bits per heavy atom. The van der Waals surface area contributed by atoms with Gasteiger partial charge in [0.25, 0.3) is 0 Å². The van der Waals surface area contributed by atoms with Gasteiger partial charge in [0.1, 0.15) is 0 Å². The van der Waals surface area contributed by atoms with E-state index in [9.17, 15) is 4.79 Å². The lowest BCUT2D eigenvalue weighted by Gasteiger charge is -2.27. The molecule has 2 aliphatic rings. The number of nitrogens with zero attached hydrogens (tertiary/aromatic N) is 1. The summed E-state index contributed by atoms with van der Waals surface area (Å²) in [5.74, 6) is 2.18. The summed E-state index contributed by atoms with van der Waals surface area (Å²) in [6.07, 6.45) is 7.91. The Balaban J connectivity index is 1.75. The van der Waals surface area contributed by atoms with E-state index < -0.39 is 0 Å². The maximum atomic E-state index is 11.9. The fourth-order valence-corrected chi connectivity index (χ4v) is 2.80. The molecular weight excluding hydrogens is 186 g/mol. The van der Waals surface area contributed by atoms with Crippen LogP contribution in [0.2, 0.25) is 0 Å². The minimum absolute atomic E-state index is 0.360. The third-order valence-electron chi connectivity index (χ3n) is 4.06. The molecule has 0 aromatic rings. The van der Waals surface area contributed by atoms with Crippen molar-refractivity contribution in [2.24, 2.45) is 17.8 Å². The highest BCUT2D eigenvalue weighted by Gasteiger charge is 2.40. The molecule has 0 saturated heterocycles. The van der Waals surface area contributed by atoms with Crippen molar-refractivity contribution < 1.29 is 4.79 Å². The van der Waals surface area contributed by atoms with Gasteiger partial charge < -0.3 is 4.90 Å². The summed E-state index contributed by atoms with van der Waals surface area (Å²) in [4.78, 5) is 13.9. The summed E-state index contributed by atoms with van der Waals surface area (Å²) in [5.41, 5.74) is 0. The highest BCUT2D eigenvalue weighted by molar-refractivity contribution is 5.81. The highest BCUT2D eigenvalue weighted by atomic mass is 16.2. The van der Waals surface area contributed by atoms with Crippen molar-refractivity contribution in [3.63, 3.8) is 0 Å². The Labute approximate surface area is 93.0 Å². The number of carbonyl (C=O) groups excluding carboxylic acids is 1. The second kappa shape index (κ2) is 4.54. The van der Waals surface area contributed by atoms with E-state index in [0.29, 0.717) is 17.7 Å². The van der Waals surface area contributed by atoms with Gasteiger partial charge in [0.15, 0.2) is 0 Å². The molecule has 0 heterocycles. The average Bonchev–Trinajstić information content (AvgIpc) is 2.96. The number of amides is 1. The molecule has 0 aromatic heterocycles. The molecule has 2 heteroatoms. The Morgan fingerprint density at radius 3 is 2.40 bits per heavy atom. The molecule has 0 bridgehead atoms. The monoisotopic (exact) mass is 209 g/mol. The molecule has 0 spiro atoms. The van der Waals surface area contributed by atoms with E-state index in [4.69, 9.17) is 0 Å². The standard InChI is InChI=1S/C13H23NO/c1-10-8-12(10)13(15)14(2)9-11-6-4-3-5-7-11/h10-12H,3-9H2,1-2H3/t10-,12+/m0/s1. The molecule has 2 nitrogen and oxygen atoms in total. The van der Waals surface area contributed by atoms with Gasteiger partial charge in [-0.1, -0.05) is 26.2 Å². The topological polar surface area (TPSA) is 20.3 Å². The van der Waals surface area contributed by atoms with Crippen LogP contribution in [0.1, 0.15) is 45.4 Å². The Hall–Kier alpha value is -0.530. The minimum atomic E-state index is 0.360. The SMILES string of the molecule is C[C@H]1C[C@H]1C(=O)N(C)CC1CCCCC1. The molecule has 2 aliphatic carbocycles.